The van der Waals surface area contributed by atoms with E-state index < -0.39 is 29.1 Å². The monoisotopic (exact) mass is 324 g/mol. The van der Waals surface area contributed by atoms with Crippen LogP contribution in [-0.4, -0.2) is 23.9 Å². The second kappa shape index (κ2) is 7.53. The number of rotatable bonds is 5. The molecule has 0 saturated heterocycles. The van der Waals surface area contributed by atoms with Crippen molar-refractivity contribution in [3.8, 4) is 0 Å². The maximum absolute atomic E-state index is 13.7. The van der Waals surface area contributed by atoms with Gasteiger partial charge in [0.2, 0.25) is 5.91 Å². The maximum Gasteiger partial charge on any atom is 0.257 e. The van der Waals surface area contributed by atoms with Crippen LogP contribution in [0.3, 0.4) is 0 Å². The number of benzene rings is 1. The van der Waals surface area contributed by atoms with Gasteiger partial charge in [0.1, 0.15) is 23.2 Å². The Balaban J connectivity index is 2.09. The Labute approximate surface area is 134 Å². The van der Waals surface area contributed by atoms with E-state index in [0.29, 0.717) is 0 Å². The Hall–Kier alpha value is -1.98. The molecule has 1 fully saturated rings. The van der Waals surface area contributed by atoms with Gasteiger partial charge in [-0.3, -0.25) is 9.59 Å². The standard InChI is InChI=1S/C17H22F2N2O2/c1-10(2)15(17(23)20-11-6-3-4-7-11)21-16(22)14-12(18)8-5-9-13(14)19/h5,8-11,15H,3-4,6-7H2,1-2H3,(H,20,23)(H,21,22). The Morgan fingerprint density at radius 2 is 1.70 bits per heavy atom. The molecular formula is C17H22F2N2O2. The zero-order valence-corrected chi connectivity index (χ0v) is 13.4. The molecule has 0 radical (unpaired) electrons. The topological polar surface area (TPSA) is 58.2 Å². The molecule has 23 heavy (non-hydrogen) atoms. The molecule has 0 aromatic heterocycles. The van der Waals surface area contributed by atoms with E-state index in [1.165, 1.54) is 6.07 Å². The van der Waals surface area contributed by atoms with Gasteiger partial charge in [-0.15, -0.1) is 0 Å². The SMILES string of the molecule is CC(C)C(NC(=O)c1c(F)cccc1F)C(=O)NC1CCCC1. The van der Waals surface area contributed by atoms with Gasteiger partial charge in [-0.2, -0.15) is 0 Å². The second-order valence-electron chi connectivity index (χ2n) is 6.28. The molecule has 4 nitrogen and oxygen atoms in total. The summed E-state index contributed by atoms with van der Waals surface area (Å²) in [7, 11) is 0. The van der Waals surface area contributed by atoms with Crippen molar-refractivity contribution in [3.63, 3.8) is 0 Å². The van der Waals surface area contributed by atoms with Gasteiger partial charge in [-0.05, 0) is 30.9 Å². The van der Waals surface area contributed by atoms with Crippen LogP contribution in [0.15, 0.2) is 18.2 Å². The predicted molar refractivity (Wildman–Crippen MR) is 82.8 cm³/mol. The number of hydrogen-bond acceptors (Lipinski definition) is 2. The van der Waals surface area contributed by atoms with Gasteiger partial charge in [-0.25, -0.2) is 8.78 Å². The molecule has 0 aliphatic heterocycles. The highest BCUT2D eigenvalue weighted by atomic mass is 19.1. The first kappa shape index (κ1) is 17.4. The van der Waals surface area contributed by atoms with E-state index in [0.717, 1.165) is 37.8 Å². The van der Waals surface area contributed by atoms with Gasteiger partial charge in [0.15, 0.2) is 0 Å². The lowest BCUT2D eigenvalue weighted by Crippen LogP contribution is -2.51. The number of nitrogens with one attached hydrogen (secondary N) is 2. The Bertz CT molecular complexity index is 564. The van der Waals surface area contributed by atoms with Crippen molar-refractivity contribution >= 4 is 11.8 Å². The molecule has 1 atom stereocenters. The predicted octanol–water partition coefficient (Wildman–Crippen LogP) is 2.78. The van der Waals surface area contributed by atoms with Crippen LogP contribution in [0.5, 0.6) is 0 Å². The average Bonchev–Trinajstić information content (AvgIpc) is 2.97. The zero-order valence-electron chi connectivity index (χ0n) is 13.4. The third kappa shape index (κ3) is 4.27. The van der Waals surface area contributed by atoms with E-state index >= 15 is 0 Å². The largest absolute Gasteiger partial charge is 0.352 e. The highest BCUT2D eigenvalue weighted by Gasteiger charge is 2.29. The molecule has 1 aromatic carbocycles. The van der Waals surface area contributed by atoms with Crippen LogP contribution in [0.25, 0.3) is 0 Å². The van der Waals surface area contributed by atoms with Crippen molar-refractivity contribution in [1.82, 2.24) is 10.6 Å². The van der Waals surface area contributed by atoms with Crippen molar-refractivity contribution < 1.29 is 18.4 Å². The Kier molecular flexibility index (Phi) is 5.69. The molecule has 0 heterocycles. The smallest absolute Gasteiger partial charge is 0.257 e. The third-order valence-corrected chi connectivity index (χ3v) is 4.13. The lowest BCUT2D eigenvalue weighted by atomic mass is 10.0. The van der Waals surface area contributed by atoms with Crippen LogP contribution >= 0.6 is 0 Å². The highest BCUT2D eigenvalue weighted by Crippen LogP contribution is 2.18. The van der Waals surface area contributed by atoms with Crippen LogP contribution in [0, 0.1) is 17.6 Å². The molecule has 0 spiro atoms. The molecule has 6 heteroatoms. The highest BCUT2D eigenvalue weighted by molar-refractivity contribution is 5.98. The van der Waals surface area contributed by atoms with Gasteiger partial charge < -0.3 is 10.6 Å². The molecule has 2 N–H and O–H groups in total. The van der Waals surface area contributed by atoms with Crippen LogP contribution in [-0.2, 0) is 4.79 Å². The second-order valence-corrected chi connectivity index (χ2v) is 6.28. The molecule has 126 valence electrons. The summed E-state index contributed by atoms with van der Waals surface area (Å²) in [4.78, 5) is 24.5. The first-order valence-electron chi connectivity index (χ1n) is 7.95. The summed E-state index contributed by atoms with van der Waals surface area (Å²) in [6.45, 7) is 3.55. The number of halogens is 2. The summed E-state index contributed by atoms with van der Waals surface area (Å²) in [6.07, 6.45) is 3.99. The van der Waals surface area contributed by atoms with E-state index in [-0.39, 0.29) is 17.9 Å². The summed E-state index contributed by atoms with van der Waals surface area (Å²) in [5.41, 5.74) is -0.660. The summed E-state index contributed by atoms with van der Waals surface area (Å²) >= 11 is 0. The molecule has 2 rings (SSSR count). The normalized spacial score (nSPS) is 16.4. The molecule has 1 aliphatic rings. The Morgan fingerprint density at radius 3 is 2.22 bits per heavy atom. The lowest BCUT2D eigenvalue weighted by Gasteiger charge is -2.24. The van der Waals surface area contributed by atoms with Crippen molar-refractivity contribution in [2.24, 2.45) is 5.92 Å². The molecular weight excluding hydrogens is 302 g/mol. The molecule has 1 aromatic rings. The van der Waals surface area contributed by atoms with E-state index in [2.05, 4.69) is 10.6 Å². The van der Waals surface area contributed by atoms with Crippen molar-refractivity contribution in [2.45, 2.75) is 51.6 Å². The molecule has 1 unspecified atom stereocenters. The third-order valence-electron chi connectivity index (χ3n) is 4.13. The number of hydrogen-bond donors (Lipinski definition) is 2. The number of carbonyl (C=O) groups is 2. The summed E-state index contributed by atoms with van der Waals surface area (Å²) in [5.74, 6) is -3.31. The van der Waals surface area contributed by atoms with Crippen LogP contribution in [0.1, 0.15) is 49.9 Å². The van der Waals surface area contributed by atoms with E-state index in [1.807, 2.05) is 0 Å². The van der Waals surface area contributed by atoms with E-state index in [1.54, 1.807) is 13.8 Å². The van der Waals surface area contributed by atoms with Crippen molar-refractivity contribution in [2.75, 3.05) is 0 Å². The van der Waals surface area contributed by atoms with Gasteiger partial charge in [0.05, 0.1) is 0 Å². The number of amides is 2. The first-order chi connectivity index (χ1) is 10.9. The molecule has 1 aliphatic carbocycles. The molecule has 2 amide bonds. The summed E-state index contributed by atoms with van der Waals surface area (Å²) < 4.78 is 27.4. The van der Waals surface area contributed by atoms with Gasteiger partial charge in [-0.1, -0.05) is 32.8 Å². The maximum atomic E-state index is 13.7. The lowest BCUT2D eigenvalue weighted by molar-refractivity contribution is -0.124. The fourth-order valence-corrected chi connectivity index (χ4v) is 2.82. The molecule has 1 saturated carbocycles. The first-order valence-corrected chi connectivity index (χ1v) is 7.95. The van der Waals surface area contributed by atoms with Gasteiger partial charge >= 0.3 is 0 Å². The van der Waals surface area contributed by atoms with Gasteiger partial charge in [0, 0.05) is 6.04 Å². The van der Waals surface area contributed by atoms with Crippen LogP contribution < -0.4 is 10.6 Å². The minimum absolute atomic E-state index is 0.117. The van der Waals surface area contributed by atoms with Crippen LogP contribution in [0.2, 0.25) is 0 Å². The van der Waals surface area contributed by atoms with Crippen molar-refractivity contribution in [1.29, 1.82) is 0 Å². The van der Waals surface area contributed by atoms with Crippen LogP contribution in [0.4, 0.5) is 8.78 Å². The van der Waals surface area contributed by atoms with Crippen molar-refractivity contribution in [3.05, 3.63) is 35.4 Å². The van der Waals surface area contributed by atoms with E-state index in [9.17, 15) is 18.4 Å². The minimum atomic E-state index is -0.943. The quantitative estimate of drug-likeness (QED) is 0.875. The van der Waals surface area contributed by atoms with E-state index in [4.69, 9.17) is 0 Å². The summed E-state index contributed by atoms with van der Waals surface area (Å²) in [6, 6.07) is 2.50. The summed E-state index contributed by atoms with van der Waals surface area (Å²) in [5, 5.41) is 5.36. The fraction of sp³-hybridized carbons (Fsp3) is 0.529. The molecule has 0 bridgehead atoms. The zero-order chi connectivity index (χ0) is 17.0. The number of carbonyl (C=O) groups excluding carboxylic acids is 2. The fourth-order valence-electron chi connectivity index (χ4n) is 2.82. The van der Waals surface area contributed by atoms with Gasteiger partial charge in [0.25, 0.3) is 5.91 Å². The minimum Gasteiger partial charge on any atom is -0.352 e. The average molecular weight is 324 g/mol. The Morgan fingerprint density at radius 1 is 1.13 bits per heavy atom.